The Morgan fingerprint density at radius 2 is 0.918 bits per heavy atom. The molecule has 0 aliphatic heterocycles. The Morgan fingerprint density at radius 3 is 1.67 bits per heavy atom. The van der Waals surface area contributed by atoms with Gasteiger partial charge in [0.2, 0.25) is 0 Å². The summed E-state index contributed by atoms with van der Waals surface area (Å²) >= 11 is 0. The second-order valence-corrected chi connectivity index (χ2v) is 12.8. The molecule has 8 aromatic carbocycles. The number of fused-ring (bicyclic) bond motifs is 7. The average Bonchev–Trinajstić information content (AvgIpc) is 3.49. The van der Waals surface area contributed by atoms with Crippen LogP contribution in [-0.2, 0) is 5.41 Å². The molecule has 0 atom stereocenters. The molecule has 228 valence electrons. The molecule has 0 N–H and O–H groups in total. The molecule has 49 heavy (non-hydrogen) atoms. The van der Waals surface area contributed by atoms with Crippen LogP contribution < -0.4 is 0 Å². The Labute approximate surface area is 284 Å². The summed E-state index contributed by atoms with van der Waals surface area (Å²) in [6, 6.07) is 62.5. The Morgan fingerprint density at radius 1 is 0.347 bits per heavy atom. The molecular formula is C46H29N3. The van der Waals surface area contributed by atoms with Crippen LogP contribution in [0.3, 0.4) is 0 Å². The van der Waals surface area contributed by atoms with Crippen molar-refractivity contribution in [2.45, 2.75) is 5.41 Å². The minimum absolute atomic E-state index is 0.653. The molecule has 1 aliphatic rings. The highest BCUT2D eigenvalue weighted by Crippen LogP contribution is 2.55. The summed E-state index contributed by atoms with van der Waals surface area (Å²) < 4.78 is 0. The Hall–Kier alpha value is -6.45. The van der Waals surface area contributed by atoms with Gasteiger partial charge in [0, 0.05) is 11.1 Å². The highest BCUT2D eigenvalue weighted by atomic mass is 15.0. The summed E-state index contributed by atoms with van der Waals surface area (Å²) in [5.74, 6) is 2.02. The smallest absolute Gasteiger partial charge is 0.164 e. The van der Waals surface area contributed by atoms with E-state index in [9.17, 15) is 0 Å². The fourth-order valence-electron chi connectivity index (χ4n) is 7.97. The minimum atomic E-state index is -0.760. The van der Waals surface area contributed by atoms with Gasteiger partial charge >= 0.3 is 0 Å². The van der Waals surface area contributed by atoms with E-state index in [1.54, 1.807) is 0 Å². The predicted molar refractivity (Wildman–Crippen MR) is 201 cm³/mol. The lowest BCUT2D eigenvalue weighted by Gasteiger charge is -2.32. The van der Waals surface area contributed by atoms with E-state index in [0.29, 0.717) is 17.5 Å². The third kappa shape index (κ3) is 4.12. The molecule has 0 radical (unpaired) electrons. The van der Waals surface area contributed by atoms with Gasteiger partial charge in [0.1, 0.15) is 5.41 Å². The van der Waals surface area contributed by atoms with Crippen molar-refractivity contribution < 1.29 is 0 Å². The predicted octanol–water partition coefficient (Wildman–Crippen LogP) is 11.0. The van der Waals surface area contributed by atoms with Gasteiger partial charge in [-0.05, 0) is 72.3 Å². The van der Waals surface area contributed by atoms with Crippen molar-refractivity contribution in [1.82, 2.24) is 15.0 Å². The Bertz CT molecular complexity index is 2680. The summed E-state index contributed by atoms with van der Waals surface area (Å²) in [5, 5.41) is 6.99. The lowest BCUT2D eigenvalue weighted by molar-refractivity contribution is 0.692. The first kappa shape index (κ1) is 27.6. The van der Waals surface area contributed by atoms with Crippen molar-refractivity contribution in [2.24, 2.45) is 0 Å². The van der Waals surface area contributed by atoms with Crippen LogP contribution in [0.15, 0.2) is 176 Å². The number of nitrogens with zero attached hydrogens (tertiary/aromatic N) is 3. The number of rotatable bonds is 4. The van der Waals surface area contributed by atoms with Crippen LogP contribution in [0.5, 0.6) is 0 Å². The van der Waals surface area contributed by atoms with Crippen LogP contribution >= 0.6 is 0 Å². The molecule has 1 aliphatic carbocycles. The number of benzene rings is 8. The molecule has 0 unspecified atom stereocenters. The standard InChI is InChI=1S/C46H29N3/c1-2-17-34(18-3-1)46(41-24-12-10-22-38(41)39-23-11-13-25-42(39)46)45-48-43(33-27-26-30-14-4-5-15-31(30)28-33)47-44(49-45)40-29-32-16-6-7-19-35(32)36-20-8-9-21-37(36)40/h1-29H. The van der Waals surface area contributed by atoms with E-state index in [-0.39, 0.29) is 0 Å². The van der Waals surface area contributed by atoms with Crippen molar-refractivity contribution in [3.8, 4) is 33.9 Å². The van der Waals surface area contributed by atoms with Crippen molar-refractivity contribution >= 4 is 32.3 Å². The zero-order chi connectivity index (χ0) is 32.4. The SMILES string of the molecule is c1ccc(C2(c3nc(-c4ccc5ccccc5c4)nc(-c4cc5ccccc5c5ccccc45)n3)c3ccccc3-c3ccccc32)cc1. The molecule has 10 rings (SSSR count). The summed E-state index contributed by atoms with van der Waals surface area (Å²) in [7, 11) is 0. The highest BCUT2D eigenvalue weighted by molar-refractivity contribution is 6.13. The largest absolute Gasteiger partial charge is 0.211 e. The van der Waals surface area contributed by atoms with E-state index in [1.165, 1.54) is 38.4 Å². The molecule has 1 aromatic heterocycles. The number of hydrogen-bond acceptors (Lipinski definition) is 3. The second-order valence-electron chi connectivity index (χ2n) is 12.8. The molecule has 0 spiro atoms. The number of aromatic nitrogens is 3. The van der Waals surface area contributed by atoms with Crippen LogP contribution in [0.25, 0.3) is 66.2 Å². The van der Waals surface area contributed by atoms with Crippen LogP contribution in [0.2, 0.25) is 0 Å². The fourth-order valence-corrected chi connectivity index (χ4v) is 7.97. The van der Waals surface area contributed by atoms with Crippen LogP contribution in [-0.4, -0.2) is 15.0 Å². The third-order valence-corrected chi connectivity index (χ3v) is 10.1. The summed E-state index contributed by atoms with van der Waals surface area (Å²) in [6.07, 6.45) is 0. The fraction of sp³-hybridized carbons (Fsp3) is 0.0217. The normalized spacial score (nSPS) is 13.1. The van der Waals surface area contributed by atoms with Gasteiger partial charge < -0.3 is 0 Å². The molecule has 0 saturated carbocycles. The van der Waals surface area contributed by atoms with Crippen molar-refractivity contribution in [1.29, 1.82) is 0 Å². The zero-order valence-electron chi connectivity index (χ0n) is 26.6. The summed E-state index contributed by atoms with van der Waals surface area (Å²) in [6.45, 7) is 0. The van der Waals surface area contributed by atoms with Crippen LogP contribution in [0.4, 0.5) is 0 Å². The first-order chi connectivity index (χ1) is 24.3. The quantitative estimate of drug-likeness (QED) is 0.183. The molecule has 1 heterocycles. The third-order valence-electron chi connectivity index (χ3n) is 10.1. The van der Waals surface area contributed by atoms with E-state index < -0.39 is 5.41 Å². The molecule has 0 fully saturated rings. The van der Waals surface area contributed by atoms with Gasteiger partial charge in [-0.1, -0.05) is 164 Å². The number of hydrogen-bond donors (Lipinski definition) is 0. The first-order valence-electron chi connectivity index (χ1n) is 16.7. The van der Waals surface area contributed by atoms with Gasteiger partial charge in [0.25, 0.3) is 0 Å². The van der Waals surface area contributed by atoms with E-state index in [1.807, 2.05) is 0 Å². The highest BCUT2D eigenvalue weighted by Gasteiger charge is 2.48. The molecular weight excluding hydrogens is 595 g/mol. The first-order valence-corrected chi connectivity index (χ1v) is 16.7. The van der Waals surface area contributed by atoms with Gasteiger partial charge in [0.05, 0.1) is 0 Å². The van der Waals surface area contributed by atoms with E-state index in [4.69, 9.17) is 15.0 Å². The van der Waals surface area contributed by atoms with Gasteiger partial charge in [-0.2, -0.15) is 0 Å². The average molecular weight is 624 g/mol. The molecule has 0 bridgehead atoms. The van der Waals surface area contributed by atoms with Crippen LogP contribution in [0.1, 0.15) is 22.5 Å². The van der Waals surface area contributed by atoms with E-state index >= 15 is 0 Å². The zero-order valence-corrected chi connectivity index (χ0v) is 26.6. The lowest BCUT2D eigenvalue weighted by Crippen LogP contribution is -2.31. The van der Waals surface area contributed by atoms with Crippen molar-refractivity contribution in [2.75, 3.05) is 0 Å². The molecule has 9 aromatic rings. The Kier molecular flexibility index (Phi) is 6.09. The molecule has 0 saturated heterocycles. The van der Waals surface area contributed by atoms with Gasteiger partial charge in [0.15, 0.2) is 17.5 Å². The van der Waals surface area contributed by atoms with E-state index in [2.05, 4.69) is 176 Å². The molecule has 3 nitrogen and oxygen atoms in total. The summed E-state index contributed by atoms with van der Waals surface area (Å²) in [4.78, 5) is 16.4. The monoisotopic (exact) mass is 623 g/mol. The van der Waals surface area contributed by atoms with E-state index in [0.717, 1.165) is 32.8 Å². The van der Waals surface area contributed by atoms with Gasteiger partial charge in [-0.15, -0.1) is 0 Å². The van der Waals surface area contributed by atoms with Crippen LogP contribution in [0, 0.1) is 0 Å². The topological polar surface area (TPSA) is 38.7 Å². The maximum Gasteiger partial charge on any atom is 0.164 e. The Balaban J connectivity index is 1.35. The summed E-state index contributed by atoms with van der Waals surface area (Å²) in [5.41, 5.74) is 7.06. The minimum Gasteiger partial charge on any atom is -0.211 e. The van der Waals surface area contributed by atoms with Crippen molar-refractivity contribution in [3.05, 3.63) is 198 Å². The molecule has 3 heteroatoms. The second kappa shape index (κ2) is 10.8. The maximum absolute atomic E-state index is 5.55. The van der Waals surface area contributed by atoms with Gasteiger partial charge in [-0.25, -0.2) is 15.0 Å². The molecule has 0 amide bonds. The van der Waals surface area contributed by atoms with Gasteiger partial charge in [-0.3, -0.25) is 0 Å². The maximum atomic E-state index is 5.55. The lowest BCUT2D eigenvalue weighted by atomic mass is 9.71. The van der Waals surface area contributed by atoms with Crippen molar-refractivity contribution in [3.63, 3.8) is 0 Å².